The summed E-state index contributed by atoms with van der Waals surface area (Å²) in [6.07, 6.45) is 1.85. The van der Waals surface area contributed by atoms with Crippen molar-refractivity contribution in [3.8, 4) is 0 Å². The first-order chi connectivity index (χ1) is 14.4. The number of amides is 1. The van der Waals surface area contributed by atoms with Crippen molar-refractivity contribution in [2.75, 3.05) is 4.90 Å². The Morgan fingerprint density at radius 2 is 1.60 bits per heavy atom. The SMILES string of the molecule is Cc1ccc(Sc2ccc(/C=C3/SC(=S)N(c4ccc(Cl)cc4Cl)C3=O)cc2)cc1. The molecule has 0 bridgehead atoms. The minimum absolute atomic E-state index is 0.188. The second-order valence-corrected chi connectivity index (χ2v) is 10.3. The van der Waals surface area contributed by atoms with Gasteiger partial charge in [0.05, 0.1) is 15.6 Å². The maximum atomic E-state index is 12.9. The van der Waals surface area contributed by atoms with Gasteiger partial charge in [0.1, 0.15) is 0 Å². The molecular formula is C23H15Cl2NOS3. The molecule has 7 heteroatoms. The molecule has 0 aliphatic carbocycles. The van der Waals surface area contributed by atoms with Crippen molar-refractivity contribution in [2.45, 2.75) is 16.7 Å². The number of benzene rings is 3. The molecule has 4 rings (SSSR count). The van der Waals surface area contributed by atoms with Crippen molar-refractivity contribution in [2.24, 2.45) is 0 Å². The fraction of sp³-hybridized carbons (Fsp3) is 0.0435. The number of thiocarbonyl (C=S) groups is 1. The Hall–Kier alpha value is -1.76. The Labute approximate surface area is 199 Å². The molecule has 0 atom stereocenters. The number of hydrogen-bond acceptors (Lipinski definition) is 4. The van der Waals surface area contributed by atoms with Crippen LogP contribution in [0.5, 0.6) is 0 Å². The van der Waals surface area contributed by atoms with Gasteiger partial charge in [-0.2, -0.15) is 0 Å². The van der Waals surface area contributed by atoms with Gasteiger partial charge in [-0.25, -0.2) is 0 Å². The summed E-state index contributed by atoms with van der Waals surface area (Å²) in [6, 6.07) is 21.5. The fourth-order valence-electron chi connectivity index (χ4n) is 2.86. The van der Waals surface area contributed by atoms with Crippen molar-refractivity contribution in [3.63, 3.8) is 0 Å². The highest BCUT2D eigenvalue weighted by Gasteiger charge is 2.34. The predicted octanol–water partition coefficient (Wildman–Crippen LogP) is 7.86. The van der Waals surface area contributed by atoms with E-state index in [1.807, 2.05) is 30.3 Å². The molecule has 0 spiro atoms. The van der Waals surface area contributed by atoms with Crippen LogP contribution in [0.15, 0.2) is 81.4 Å². The summed E-state index contributed by atoms with van der Waals surface area (Å²) in [7, 11) is 0. The van der Waals surface area contributed by atoms with Crippen LogP contribution in [0, 0.1) is 6.92 Å². The van der Waals surface area contributed by atoms with Gasteiger partial charge in [0.2, 0.25) is 0 Å². The smallest absolute Gasteiger partial charge is 0.268 e. The molecule has 1 heterocycles. The lowest BCUT2D eigenvalue weighted by atomic mass is 10.2. The van der Waals surface area contributed by atoms with E-state index in [1.54, 1.807) is 30.0 Å². The molecule has 0 N–H and O–H groups in total. The Bertz CT molecular complexity index is 1160. The number of aryl methyl sites for hydroxylation is 1. The van der Waals surface area contributed by atoms with Gasteiger partial charge in [0.15, 0.2) is 4.32 Å². The summed E-state index contributed by atoms with van der Waals surface area (Å²) < 4.78 is 0.446. The second kappa shape index (κ2) is 9.16. The highest BCUT2D eigenvalue weighted by molar-refractivity contribution is 8.27. The summed E-state index contributed by atoms with van der Waals surface area (Å²) in [5, 5.41) is 0.894. The number of carbonyl (C=O) groups excluding carboxylic acids is 1. The summed E-state index contributed by atoms with van der Waals surface area (Å²) in [5.74, 6) is -0.188. The minimum Gasteiger partial charge on any atom is -0.268 e. The van der Waals surface area contributed by atoms with E-state index >= 15 is 0 Å². The first-order valence-corrected chi connectivity index (χ1v) is 11.8. The zero-order chi connectivity index (χ0) is 21.3. The second-order valence-electron chi connectivity index (χ2n) is 6.60. The lowest BCUT2D eigenvalue weighted by molar-refractivity contribution is -0.113. The molecule has 30 heavy (non-hydrogen) atoms. The first kappa shape index (κ1) is 21.5. The van der Waals surface area contributed by atoms with Crippen molar-refractivity contribution in [1.82, 2.24) is 0 Å². The number of thioether (sulfide) groups is 1. The molecule has 0 aromatic heterocycles. The van der Waals surface area contributed by atoms with Crippen LogP contribution >= 0.6 is 58.9 Å². The average molecular weight is 488 g/mol. The Morgan fingerprint density at radius 3 is 2.23 bits per heavy atom. The zero-order valence-corrected chi connectivity index (χ0v) is 19.7. The van der Waals surface area contributed by atoms with Crippen molar-refractivity contribution < 1.29 is 4.79 Å². The fourth-order valence-corrected chi connectivity index (χ4v) is 5.46. The Morgan fingerprint density at radius 1 is 0.967 bits per heavy atom. The van der Waals surface area contributed by atoms with Crippen LogP contribution in [0.25, 0.3) is 6.08 Å². The van der Waals surface area contributed by atoms with E-state index in [9.17, 15) is 4.79 Å². The maximum absolute atomic E-state index is 12.9. The molecule has 3 aromatic rings. The van der Waals surface area contributed by atoms with Crippen LogP contribution in [0.4, 0.5) is 5.69 Å². The molecule has 0 radical (unpaired) electrons. The van der Waals surface area contributed by atoms with Gasteiger partial charge in [0.25, 0.3) is 5.91 Å². The monoisotopic (exact) mass is 487 g/mol. The largest absolute Gasteiger partial charge is 0.270 e. The lowest BCUT2D eigenvalue weighted by Gasteiger charge is -2.16. The number of rotatable bonds is 4. The van der Waals surface area contributed by atoms with Crippen LogP contribution in [0.1, 0.15) is 11.1 Å². The van der Waals surface area contributed by atoms with Crippen molar-refractivity contribution >= 4 is 80.9 Å². The van der Waals surface area contributed by atoms with Crippen LogP contribution in [-0.4, -0.2) is 10.2 Å². The highest BCUT2D eigenvalue weighted by atomic mass is 35.5. The molecule has 0 unspecified atom stereocenters. The van der Waals surface area contributed by atoms with Gasteiger partial charge >= 0.3 is 0 Å². The number of nitrogens with zero attached hydrogens (tertiary/aromatic N) is 1. The van der Waals surface area contributed by atoms with E-state index in [0.717, 1.165) is 10.5 Å². The number of anilines is 1. The van der Waals surface area contributed by atoms with Crippen LogP contribution in [-0.2, 0) is 4.79 Å². The number of halogens is 2. The normalized spacial score (nSPS) is 15.3. The molecule has 1 fully saturated rings. The molecule has 2 nitrogen and oxygen atoms in total. The van der Waals surface area contributed by atoms with Gasteiger partial charge in [-0.3, -0.25) is 9.69 Å². The minimum atomic E-state index is -0.188. The lowest BCUT2D eigenvalue weighted by Crippen LogP contribution is -2.27. The Balaban J connectivity index is 1.52. The predicted molar refractivity (Wildman–Crippen MR) is 134 cm³/mol. The van der Waals surface area contributed by atoms with Gasteiger partial charge < -0.3 is 0 Å². The molecular weight excluding hydrogens is 473 g/mol. The average Bonchev–Trinajstić information content (AvgIpc) is 2.99. The third kappa shape index (κ3) is 4.76. The van der Waals surface area contributed by atoms with Gasteiger partial charge in [0, 0.05) is 14.8 Å². The van der Waals surface area contributed by atoms with E-state index in [0.29, 0.717) is 25.0 Å². The highest BCUT2D eigenvalue weighted by Crippen LogP contribution is 2.39. The van der Waals surface area contributed by atoms with E-state index in [4.69, 9.17) is 35.4 Å². The summed E-state index contributed by atoms with van der Waals surface area (Å²) in [6.45, 7) is 2.08. The van der Waals surface area contributed by atoms with Gasteiger partial charge in [-0.1, -0.05) is 88.8 Å². The third-order valence-electron chi connectivity index (χ3n) is 4.38. The molecule has 3 aromatic carbocycles. The Kier molecular flexibility index (Phi) is 6.56. The van der Waals surface area contributed by atoms with Crippen molar-refractivity contribution in [3.05, 3.63) is 92.8 Å². The molecule has 1 amide bonds. The molecule has 150 valence electrons. The van der Waals surface area contributed by atoms with E-state index in [2.05, 4.69) is 31.2 Å². The van der Waals surface area contributed by atoms with Crippen LogP contribution < -0.4 is 4.90 Å². The summed E-state index contributed by atoms with van der Waals surface area (Å²) >= 11 is 20.6. The number of hydrogen-bond donors (Lipinski definition) is 0. The van der Waals surface area contributed by atoms with E-state index in [1.165, 1.54) is 27.1 Å². The molecule has 0 saturated carbocycles. The van der Waals surface area contributed by atoms with Crippen LogP contribution in [0.2, 0.25) is 10.0 Å². The summed E-state index contributed by atoms with van der Waals surface area (Å²) in [4.78, 5) is 17.3. The molecule has 1 aliphatic heterocycles. The van der Waals surface area contributed by atoms with Crippen LogP contribution in [0.3, 0.4) is 0 Å². The van der Waals surface area contributed by atoms with Crippen molar-refractivity contribution in [1.29, 1.82) is 0 Å². The van der Waals surface area contributed by atoms with E-state index < -0.39 is 0 Å². The molecule has 1 aliphatic rings. The molecule has 1 saturated heterocycles. The quantitative estimate of drug-likeness (QED) is 0.275. The van der Waals surface area contributed by atoms with Gasteiger partial charge in [-0.05, 0) is 61.0 Å². The topological polar surface area (TPSA) is 20.3 Å². The first-order valence-electron chi connectivity index (χ1n) is 8.98. The number of carbonyl (C=O) groups is 1. The third-order valence-corrected chi connectivity index (χ3v) is 7.23. The standard InChI is InChI=1S/C23H15Cl2NOS3/c1-14-2-7-17(8-3-14)29-18-9-4-15(5-10-18)12-21-22(27)26(23(28)30-21)20-11-6-16(24)13-19(20)25/h2-13H,1H3/b21-12+. The van der Waals surface area contributed by atoms with Gasteiger partial charge in [-0.15, -0.1) is 0 Å². The summed E-state index contributed by atoms with van der Waals surface area (Å²) in [5.41, 5.74) is 2.72. The zero-order valence-electron chi connectivity index (χ0n) is 15.8. The van der Waals surface area contributed by atoms with E-state index in [-0.39, 0.29) is 5.91 Å². The maximum Gasteiger partial charge on any atom is 0.270 e.